The van der Waals surface area contributed by atoms with Gasteiger partial charge in [-0.2, -0.15) is 0 Å². The summed E-state index contributed by atoms with van der Waals surface area (Å²) in [5, 5.41) is 20.3. The van der Waals surface area contributed by atoms with Gasteiger partial charge in [-0.15, -0.1) is 11.3 Å². The van der Waals surface area contributed by atoms with Gasteiger partial charge in [-0.3, -0.25) is 19.3 Å². The number of carbonyl (C=O) groups is 3. The number of aliphatic hydroxyl groups excluding tert-OH is 1. The third kappa shape index (κ3) is 8.24. The highest BCUT2D eigenvalue weighted by Crippen LogP contribution is 2.40. The molecule has 1 aliphatic carbocycles. The largest absolute Gasteiger partial charge is 0.426 e. The first kappa shape index (κ1) is 33.8. The standard InChI is InChI=1S/C37H47N3O5S/c1-23-29(16-11-17-32(23)45-24(2)41)35(43)38-34(33-19-28(22-46-33)25-12-7-6-8-13-25)31(42)21-40-20-27-15-10-9-14-26(27)18-30(40)36(44)39-37(3,4)5/h6-8,11-13,16-17,19,22,26-27,30-31,34,42H,9-10,14-15,18,20-21H2,1-5H3,(H,38,43)(H,39,44)/t26-,27+,30-,31+,34+/m0/s1. The number of hydrogen-bond acceptors (Lipinski definition) is 7. The lowest BCUT2D eigenvalue weighted by atomic mass is 9.72. The molecule has 9 heteroatoms. The van der Waals surface area contributed by atoms with Crippen LogP contribution in [0.2, 0.25) is 0 Å². The van der Waals surface area contributed by atoms with Gasteiger partial charge >= 0.3 is 5.97 Å². The quantitative estimate of drug-likeness (QED) is 0.187. The molecule has 2 fully saturated rings. The second-order valence-corrected chi connectivity index (χ2v) is 14.8. The van der Waals surface area contributed by atoms with E-state index in [0.717, 1.165) is 41.8 Å². The maximum Gasteiger partial charge on any atom is 0.308 e. The summed E-state index contributed by atoms with van der Waals surface area (Å²) >= 11 is 1.49. The molecule has 1 aliphatic heterocycles. The Morgan fingerprint density at radius 2 is 1.74 bits per heavy atom. The monoisotopic (exact) mass is 645 g/mol. The average molecular weight is 646 g/mol. The van der Waals surface area contributed by atoms with E-state index in [-0.39, 0.29) is 29.9 Å². The van der Waals surface area contributed by atoms with Crippen molar-refractivity contribution in [2.45, 2.75) is 90.4 Å². The summed E-state index contributed by atoms with van der Waals surface area (Å²) in [6.45, 7) is 10.0. The van der Waals surface area contributed by atoms with Crippen molar-refractivity contribution in [2.24, 2.45) is 11.8 Å². The topological polar surface area (TPSA) is 108 Å². The number of thiophene rings is 1. The number of hydrogen-bond donors (Lipinski definition) is 3. The smallest absolute Gasteiger partial charge is 0.308 e. The Morgan fingerprint density at radius 1 is 1.02 bits per heavy atom. The van der Waals surface area contributed by atoms with E-state index in [4.69, 9.17) is 4.74 Å². The van der Waals surface area contributed by atoms with E-state index in [0.29, 0.717) is 28.7 Å². The summed E-state index contributed by atoms with van der Waals surface area (Å²) in [5.74, 6) is 0.468. The molecule has 1 saturated carbocycles. The fraction of sp³-hybridized carbons (Fsp3) is 0.486. The van der Waals surface area contributed by atoms with Crippen LogP contribution in [0, 0.1) is 18.8 Å². The second-order valence-electron chi connectivity index (χ2n) is 13.9. The molecule has 2 amide bonds. The third-order valence-electron chi connectivity index (χ3n) is 9.21. The van der Waals surface area contributed by atoms with E-state index < -0.39 is 18.1 Å². The molecule has 1 saturated heterocycles. The molecule has 5 rings (SSSR count). The zero-order valence-corrected chi connectivity index (χ0v) is 28.4. The van der Waals surface area contributed by atoms with Gasteiger partial charge < -0.3 is 20.5 Å². The van der Waals surface area contributed by atoms with Crippen molar-refractivity contribution in [3.05, 3.63) is 76.0 Å². The summed E-state index contributed by atoms with van der Waals surface area (Å²) < 4.78 is 5.33. The number of amides is 2. The predicted molar refractivity (Wildman–Crippen MR) is 182 cm³/mol. The van der Waals surface area contributed by atoms with Crippen molar-refractivity contribution in [3.63, 3.8) is 0 Å². The molecular formula is C37H47N3O5S. The molecule has 0 unspecified atom stereocenters. The molecule has 5 atom stereocenters. The molecule has 46 heavy (non-hydrogen) atoms. The second kappa shape index (κ2) is 14.5. The number of piperidine rings is 1. The number of ether oxygens (including phenoxy) is 1. The average Bonchev–Trinajstić information content (AvgIpc) is 3.50. The molecule has 1 aromatic heterocycles. The SMILES string of the molecule is CC(=O)Oc1cccc(C(=O)N[C@@H](c2cc(-c3ccccc3)cs2)[C@H](O)CN2C[C@H]3CCCC[C@H]3C[C@H]2C(=O)NC(C)(C)C)c1C. The van der Waals surface area contributed by atoms with E-state index >= 15 is 0 Å². The van der Waals surface area contributed by atoms with Gasteiger partial charge in [0.25, 0.3) is 5.91 Å². The first-order valence-electron chi connectivity index (χ1n) is 16.4. The summed E-state index contributed by atoms with van der Waals surface area (Å²) in [5.41, 5.74) is 2.59. The molecule has 8 nitrogen and oxygen atoms in total. The number of esters is 1. The lowest BCUT2D eigenvalue weighted by Gasteiger charge is -2.47. The Labute approximate surface area is 276 Å². The zero-order valence-electron chi connectivity index (χ0n) is 27.5. The van der Waals surface area contributed by atoms with Gasteiger partial charge in [-0.25, -0.2) is 0 Å². The number of nitrogens with zero attached hydrogens (tertiary/aromatic N) is 1. The van der Waals surface area contributed by atoms with Gasteiger partial charge in [0.1, 0.15) is 5.75 Å². The Hall–Kier alpha value is -3.53. The van der Waals surface area contributed by atoms with Crippen molar-refractivity contribution in [2.75, 3.05) is 13.1 Å². The molecule has 0 spiro atoms. The van der Waals surface area contributed by atoms with Crippen molar-refractivity contribution in [1.82, 2.24) is 15.5 Å². The Kier molecular flexibility index (Phi) is 10.7. The highest BCUT2D eigenvalue weighted by atomic mass is 32.1. The van der Waals surface area contributed by atoms with Crippen molar-refractivity contribution < 1.29 is 24.2 Å². The Morgan fingerprint density at radius 3 is 2.43 bits per heavy atom. The number of fused-ring (bicyclic) bond motifs is 1. The molecule has 0 radical (unpaired) electrons. The van der Waals surface area contributed by atoms with Crippen LogP contribution in [0.1, 0.15) is 86.6 Å². The Bertz CT molecular complexity index is 1530. The van der Waals surface area contributed by atoms with Crippen molar-refractivity contribution >= 4 is 29.1 Å². The van der Waals surface area contributed by atoms with Crippen LogP contribution in [0.25, 0.3) is 11.1 Å². The first-order chi connectivity index (χ1) is 21.9. The first-order valence-corrected chi connectivity index (χ1v) is 17.2. The zero-order chi connectivity index (χ0) is 33.0. The number of aliphatic hydroxyl groups is 1. The van der Waals surface area contributed by atoms with E-state index in [1.54, 1.807) is 25.1 Å². The minimum Gasteiger partial charge on any atom is -0.426 e. The minimum absolute atomic E-state index is 0.00953. The number of rotatable bonds is 9. The van der Waals surface area contributed by atoms with Crippen LogP contribution in [0.15, 0.2) is 60.0 Å². The van der Waals surface area contributed by atoms with Gasteiger partial charge in [0.2, 0.25) is 5.91 Å². The number of nitrogens with one attached hydrogen (secondary N) is 2. The van der Waals surface area contributed by atoms with Crippen LogP contribution in [-0.4, -0.2) is 58.6 Å². The fourth-order valence-electron chi connectivity index (χ4n) is 6.97. The van der Waals surface area contributed by atoms with Crippen LogP contribution in [0.3, 0.4) is 0 Å². The van der Waals surface area contributed by atoms with Crippen LogP contribution < -0.4 is 15.4 Å². The molecule has 2 aromatic carbocycles. The lowest BCUT2D eigenvalue weighted by Crippen LogP contribution is -2.59. The van der Waals surface area contributed by atoms with Gasteiger partial charge in [-0.05, 0) is 87.1 Å². The number of carbonyl (C=O) groups excluding carboxylic acids is 3. The maximum atomic E-state index is 13.8. The van der Waals surface area contributed by atoms with Gasteiger partial charge in [0.05, 0.1) is 18.2 Å². The predicted octanol–water partition coefficient (Wildman–Crippen LogP) is 6.28. The van der Waals surface area contributed by atoms with Gasteiger partial charge in [-0.1, -0.05) is 55.7 Å². The number of benzene rings is 2. The van der Waals surface area contributed by atoms with Crippen LogP contribution in [0.5, 0.6) is 5.75 Å². The Balaban J connectivity index is 1.44. The summed E-state index contributed by atoms with van der Waals surface area (Å²) in [7, 11) is 0. The van der Waals surface area contributed by atoms with Crippen molar-refractivity contribution in [3.8, 4) is 16.9 Å². The van der Waals surface area contributed by atoms with E-state index in [9.17, 15) is 19.5 Å². The van der Waals surface area contributed by atoms with Gasteiger partial charge in [0, 0.05) is 41.6 Å². The van der Waals surface area contributed by atoms with E-state index in [2.05, 4.69) is 15.5 Å². The number of likely N-dealkylation sites (tertiary alicyclic amines) is 1. The molecule has 2 heterocycles. The molecule has 3 N–H and O–H groups in total. The third-order valence-corrected chi connectivity index (χ3v) is 10.2. The molecule has 246 valence electrons. The fourth-order valence-corrected chi connectivity index (χ4v) is 8.00. The van der Waals surface area contributed by atoms with Crippen LogP contribution in [-0.2, 0) is 9.59 Å². The number of β-amino-alcohol motifs (C(OH)–C–C–N with tert-alkyl or cyclic N) is 1. The summed E-state index contributed by atoms with van der Waals surface area (Å²) in [6.07, 6.45) is 4.45. The lowest BCUT2D eigenvalue weighted by molar-refractivity contribution is -0.133. The van der Waals surface area contributed by atoms with Crippen LogP contribution >= 0.6 is 11.3 Å². The molecule has 3 aromatic rings. The summed E-state index contributed by atoms with van der Waals surface area (Å²) in [6, 6.07) is 16.0. The normalized spacial score (nSPS) is 21.5. The van der Waals surface area contributed by atoms with Crippen molar-refractivity contribution in [1.29, 1.82) is 0 Å². The molecular weight excluding hydrogens is 598 g/mol. The molecule has 2 aliphatic rings. The highest BCUT2D eigenvalue weighted by Gasteiger charge is 2.42. The van der Waals surface area contributed by atoms with E-state index in [1.807, 2.05) is 62.5 Å². The minimum atomic E-state index is -0.992. The molecule has 0 bridgehead atoms. The maximum absolute atomic E-state index is 13.8. The van der Waals surface area contributed by atoms with E-state index in [1.165, 1.54) is 31.1 Å². The summed E-state index contributed by atoms with van der Waals surface area (Å²) in [4.78, 5) is 42.1. The van der Waals surface area contributed by atoms with Gasteiger partial charge in [0.15, 0.2) is 0 Å². The highest BCUT2D eigenvalue weighted by molar-refractivity contribution is 7.10. The van der Waals surface area contributed by atoms with Crippen LogP contribution in [0.4, 0.5) is 0 Å².